The molecule has 0 saturated heterocycles. The molecular weight excluding hydrogens is 388 g/mol. The van der Waals surface area contributed by atoms with E-state index in [0.29, 0.717) is 11.4 Å². The average molecular weight is 401 g/mol. The number of para-hydroxylation sites is 2. The summed E-state index contributed by atoms with van der Waals surface area (Å²) < 4.78 is 33.2. The highest BCUT2D eigenvalue weighted by Gasteiger charge is 2.20. The summed E-state index contributed by atoms with van der Waals surface area (Å²) in [5, 5.41) is 10.5. The number of fused-ring (bicyclic) bond motifs is 4. The molecule has 0 saturated carbocycles. The molecule has 1 aliphatic heterocycles. The normalized spacial score (nSPS) is 12.4. The zero-order valence-electron chi connectivity index (χ0n) is 14.9. The SMILES string of the molecule is O=S(=O)([O-])c1ccc(N=Nc2c3[nH]c4ccccc4nc-3c3ccccc23)cc1. The van der Waals surface area contributed by atoms with Crippen molar-refractivity contribution < 1.29 is 13.0 Å². The number of H-pyrrole nitrogens is 1. The third-order valence-corrected chi connectivity index (χ3v) is 5.55. The number of nitrogens with one attached hydrogen (secondary N) is 1. The predicted octanol–water partition coefficient (Wildman–Crippen LogP) is 5.14. The Morgan fingerprint density at radius 3 is 2.28 bits per heavy atom. The largest absolute Gasteiger partial charge is 0.744 e. The van der Waals surface area contributed by atoms with Crippen LogP contribution in [0.5, 0.6) is 0 Å². The van der Waals surface area contributed by atoms with Crippen LogP contribution in [-0.4, -0.2) is 22.9 Å². The van der Waals surface area contributed by atoms with Gasteiger partial charge in [0.25, 0.3) is 0 Å². The fourth-order valence-corrected chi connectivity index (χ4v) is 3.80. The molecule has 3 aromatic rings. The number of azo groups is 1. The molecule has 0 radical (unpaired) electrons. The molecule has 0 atom stereocenters. The highest BCUT2D eigenvalue weighted by Crippen LogP contribution is 2.43. The van der Waals surface area contributed by atoms with E-state index in [4.69, 9.17) is 4.98 Å². The maximum atomic E-state index is 11.1. The van der Waals surface area contributed by atoms with Crippen LogP contribution in [0.2, 0.25) is 0 Å². The fraction of sp³-hybridized carbons (Fsp3) is 0. The van der Waals surface area contributed by atoms with Gasteiger partial charge in [-0.3, -0.25) is 0 Å². The molecule has 0 spiro atoms. The van der Waals surface area contributed by atoms with Crippen molar-refractivity contribution in [3.05, 3.63) is 72.8 Å². The minimum Gasteiger partial charge on any atom is -0.744 e. The van der Waals surface area contributed by atoms with Crippen LogP contribution >= 0.6 is 0 Å². The van der Waals surface area contributed by atoms with E-state index < -0.39 is 10.1 Å². The molecular formula is C21H13N4O3S-. The van der Waals surface area contributed by atoms with Crippen molar-refractivity contribution in [2.45, 2.75) is 4.90 Å². The van der Waals surface area contributed by atoms with Crippen LogP contribution in [-0.2, 0) is 10.1 Å². The van der Waals surface area contributed by atoms with E-state index in [1.165, 1.54) is 24.3 Å². The number of rotatable bonds is 3. The minimum absolute atomic E-state index is 0.301. The number of nitrogens with zero attached hydrogens (tertiary/aromatic N) is 3. The van der Waals surface area contributed by atoms with Crippen LogP contribution in [0.1, 0.15) is 0 Å². The Labute approximate surface area is 165 Å². The van der Waals surface area contributed by atoms with Gasteiger partial charge < -0.3 is 9.54 Å². The first-order valence-electron chi connectivity index (χ1n) is 8.77. The summed E-state index contributed by atoms with van der Waals surface area (Å²) in [4.78, 5) is 7.88. The van der Waals surface area contributed by atoms with E-state index in [1.54, 1.807) is 0 Å². The summed E-state index contributed by atoms with van der Waals surface area (Å²) in [6, 6.07) is 20.9. The molecule has 0 unspecified atom stereocenters. The lowest BCUT2D eigenvalue weighted by atomic mass is 10.2. The van der Waals surface area contributed by atoms with Gasteiger partial charge in [0.15, 0.2) is 0 Å². The number of aromatic amines is 1. The third kappa shape index (κ3) is 3.04. The second kappa shape index (κ2) is 6.47. The minimum atomic E-state index is -4.49. The van der Waals surface area contributed by atoms with Gasteiger partial charge in [-0.15, -0.1) is 5.11 Å². The second-order valence-corrected chi connectivity index (χ2v) is 7.90. The van der Waals surface area contributed by atoms with Crippen LogP contribution in [0.25, 0.3) is 33.2 Å². The lowest BCUT2D eigenvalue weighted by Crippen LogP contribution is -1.97. The molecule has 8 heteroatoms. The first kappa shape index (κ1) is 17.5. The molecule has 7 nitrogen and oxygen atoms in total. The van der Waals surface area contributed by atoms with Crippen LogP contribution in [0.4, 0.5) is 11.4 Å². The zero-order valence-corrected chi connectivity index (χ0v) is 15.7. The molecule has 1 N–H and O–H groups in total. The van der Waals surface area contributed by atoms with Crippen LogP contribution < -0.4 is 0 Å². The van der Waals surface area contributed by atoms with Gasteiger partial charge >= 0.3 is 0 Å². The Kier molecular flexibility index (Phi) is 3.90. The Hall–Kier alpha value is -3.62. The standard InChI is InChI=1S/C21H14N4O3S/c26-29(27,28)14-11-9-13(10-12-14)24-25-20-16-6-2-1-5-15(16)19-21(20)23-18-8-4-3-7-17(18)22-19/h1-12,23H,(H,26,27,28)/p-1. The van der Waals surface area contributed by atoms with Gasteiger partial charge in [-0.25, -0.2) is 13.4 Å². The van der Waals surface area contributed by atoms with Crippen molar-refractivity contribution in [2.24, 2.45) is 10.2 Å². The van der Waals surface area contributed by atoms with Gasteiger partial charge in [-0.2, -0.15) is 5.11 Å². The van der Waals surface area contributed by atoms with Gasteiger partial charge in [-0.05, 0) is 36.4 Å². The molecule has 142 valence electrons. The van der Waals surface area contributed by atoms with Crippen molar-refractivity contribution in [1.82, 2.24) is 9.97 Å². The first-order chi connectivity index (χ1) is 14.0. The van der Waals surface area contributed by atoms with Crippen LogP contribution in [0.15, 0.2) is 87.9 Å². The molecule has 0 aromatic heterocycles. The number of aromatic nitrogens is 2. The Balaban J connectivity index is 1.67. The van der Waals surface area contributed by atoms with E-state index in [1.807, 2.05) is 48.5 Å². The summed E-state index contributed by atoms with van der Waals surface area (Å²) in [6.07, 6.45) is 0. The molecule has 1 aliphatic carbocycles. The van der Waals surface area contributed by atoms with E-state index in [2.05, 4.69) is 15.2 Å². The second-order valence-electron chi connectivity index (χ2n) is 6.52. The number of hydrogen-bond acceptors (Lipinski definition) is 6. The van der Waals surface area contributed by atoms with Gasteiger partial charge in [0.1, 0.15) is 15.8 Å². The summed E-state index contributed by atoms with van der Waals surface area (Å²) in [5.74, 6) is 0. The Morgan fingerprint density at radius 1 is 0.828 bits per heavy atom. The third-order valence-electron chi connectivity index (χ3n) is 4.70. The van der Waals surface area contributed by atoms with Gasteiger partial charge in [0, 0.05) is 10.8 Å². The molecule has 5 rings (SSSR count). The maximum absolute atomic E-state index is 11.1. The summed E-state index contributed by atoms with van der Waals surface area (Å²) in [6.45, 7) is 0. The van der Waals surface area contributed by atoms with Crippen molar-refractivity contribution >= 4 is 43.3 Å². The van der Waals surface area contributed by atoms with Gasteiger partial charge in [0.2, 0.25) is 0 Å². The van der Waals surface area contributed by atoms with Crippen molar-refractivity contribution in [2.75, 3.05) is 0 Å². The van der Waals surface area contributed by atoms with E-state index in [0.717, 1.165) is 33.2 Å². The molecule has 29 heavy (non-hydrogen) atoms. The summed E-state index contributed by atoms with van der Waals surface area (Å²) in [7, 11) is -4.49. The average Bonchev–Trinajstić information content (AvgIpc) is 3.03. The monoisotopic (exact) mass is 401 g/mol. The van der Waals surface area contributed by atoms with E-state index >= 15 is 0 Å². The molecule has 1 heterocycles. The smallest absolute Gasteiger partial charge is 0.124 e. The topological polar surface area (TPSA) is 111 Å². The van der Waals surface area contributed by atoms with Crippen molar-refractivity contribution in [3.63, 3.8) is 0 Å². The molecule has 0 fully saturated rings. The first-order valence-corrected chi connectivity index (χ1v) is 10.2. The molecule has 0 bridgehead atoms. The molecule has 3 aromatic carbocycles. The van der Waals surface area contributed by atoms with Crippen LogP contribution in [0, 0.1) is 0 Å². The Morgan fingerprint density at radius 2 is 1.52 bits per heavy atom. The number of hydrogen-bond donors (Lipinski definition) is 1. The van der Waals surface area contributed by atoms with E-state index in [-0.39, 0.29) is 4.90 Å². The predicted molar refractivity (Wildman–Crippen MR) is 109 cm³/mol. The van der Waals surface area contributed by atoms with Crippen molar-refractivity contribution in [3.8, 4) is 11.4 Å². The van der Waals surface area contributed by atoms with Crippen molar-refractivity contribution in [1.29, 1.82) is 0 Å². The molecule has 2 aliphatic rings. The molecule has 0 amide bonds. The Bertz CT molecular complexity index is 1470. The highest BCUT2D eigenvalue weighted by molar-refractivity contribution is 7.85. The van der Waals surface area contributed by atoms with Gasteiger partial charge in [0.05, 0.1) is 33.0 Å². The number of benzene rings is 3. The summed E-state index contributed by atoms with van der Waals surface area (Å²) in [5.41, 5.74) is 4.40. The van der Waals surface area contributed by atoms with Crippen LogP contribution in [0.3, 0.4) is 0 Å². The van der Waals surface area contributed by atoms with E-state index in [9.17, 15) is 13.0 Å². The summed E-state index contributed by atoms with van der Waals surface area (Å²) >= 11 is 0. The highest BCUT2D eigenvalue weighted by atomic mass is 32.2. The fourth-order valence-electron chi connectivity index (χ4n) is 3.34. The zero-order chi connectivity index (χ0) is 20.0. The lowest BCUT2D eigenvalue weighted by Gasteiger charge is -2.06. The maximum Gasteiger partial charge on any atom is 0.124 e. The quantitative estimate of drug-likeness (QED) is 0.333. The van der Waals surface area contributed by atoms with Gasteiger partial charge in [-0.1, -0.05) is 36.4 Å². The lowest BCUT2D eigenvalue weighted by molar-refractivity contribution is 0.463.